The third kappa shape index (κ3) is 2.95. The van der Waals surface area contributed by atoms with Crippen molar-refractivity contribution < 1.29 is 0 Å². The normalized spacial score (nSPS) is 10.7. The Kier molecular flexibility index (Phi) is 4.20. The van der Waals surface area contributed by atoms with E-state index in [1.807, 2.05) is 42.5 Å². The van der Waals surface area contributed by atoms with E-state index in [-0.39, 0.29) is 0 Å². The highest BCUT2D eigenvalue weighted by Gasteiger charge is 2.09. The van der Waals surface area contributed by atoms with Gasteiger partial charge in [-0.25, -0.2) is 4.98 Å². The van der Waals surface area contributed by atoms with Gasteiger partial charge >= 0.3 is 0 Å². The Labute approximate surface area is 135 Å². The molecule has 3 aromatic rings. The molecule has 0 saturated heterocycles. The van der Waals surface area contributed by atoms with Crippen LogP contribution in [-0.2, 0) is 6.42 Å². The summed E-state index contributed by atoms with van der Waals surface area (Å²) in [6.07, 6.45) is 0.773. The van der Waals surface area contributed by atoms with Crippen molar-refractivity contribution in [2.75, 3.05) is 0 Å². The third-order valence-corrected chi connectivity index (χ3v) is 4.91. The minimum atomic E-state index is 0.773. The number of hydrogen-bond acceptors (Lipinski definition) is 2. The second kappa shape index (κ2) is 6.08. The molecule has 0 aliphatic carbocycles. The topological polar surface area (TPSA) is 12.9 Å². The van der Waals surface area contributed by atoms with Gasteiger partial charge in [0.15, 0.2) is 0 Å². The quantitative estimate of drug-likeness (QED) is 0.571. The van der Waals surface area contributed by atoms with Crippen LogP contribution in [0.5, 0.6) is 0 Å². The molecule has 3 rings (SSSR count). The van der Waals surface area contributed by atoms with E-state index in [0.717, 1.165) is 37.7 Å². The lowest BCUT2D eigenvalue weighted by Crippen LogP contribution is -1.88. The van der Waals surface area contributed by atoms with Gasteiger partial charge in [-0.15, -0.1) is 11.3 Å². The monoisotopic (exact) mass is 363 g/mol. The molecule has 100 valence electrons. The van der Waals surface area contributed by atoms with Crippen LogP contribution in [0.3, 0.4) is 0 Å². The molecule has 1 aromatic heterocycles. The Morgan fingerprint density at radius 1 is 1.05 bits per heavy atom. The highest BCUT2D eigenvalue weighted by molar-refractivity contribution is 9.10. The van der Waals surface area contributed by atoms with Crippen LogP contribution in [0, 0.1) is 0 Å². The summed E-state index contributed by atoms with van der Waals surface area (Å²) in [5.41, 5.74) is 3.24. The molecule has 1 nitrogen and oxygen atoms in total. The van der Waals surface area contributed by atoms with Crippen molar-refractivity contribution in [2.45, 2.75) is 6.42 Å². The fraction of sp³-hybridized carbons (Fsp3) is 0.0625. The Balaban J connectivity index is 1.88. The summed E-state index contributed by atoms with van der Waals surface area (Å²) in [5.74, 6) is 0. The van der Waals surface area contributed by atoms with Crippen LogP contribution >= 0.6 is 38.9 Å². The minimum Gasteiger partial charge on any atom is -0.241 e. The van der Waals surface area contributed by atoms with E-state index in [1.165, 1.54) is 0 Å². The maximum atomic E-state index is 6.19. The Bertz CT molecular complexity index is 739. The highest BCUT2D eigenvalue weighted by Crippen LogP contribution is 2.30. The molecular formula is C16H11BrClNS. The maximum Gasteiger partial charge on any atom is 0.0977 e. The summed E-state index contributed by atoms with van der Waals surface area (Å²) >= 11 is 11.4. The third-order valence-electron chi connectivity index (χ3n) is 3.00. The number of aromatic nitrogens is 1. The zero-order valence-electron chi connectivity index (χ0n) is 10.5. The van der Waals surface area contributed by atoms with Crippen LogP contribution in [0.25, 0.3) is 11.3 Å². The van der Waals surface area contributed by atoms with Crippen molar-refractivity contribution in [2.24, 2.45) is 0 Å². The molecule has 0 aliphatic heterocycles. The van der Waals surface area contributed by atoms with Crippen molar-refractivity contribution in [3.05, 3.63) is 74.0 Å². The van der Waals surface area contributed by atoms with Gasteiger partial charge in [-0.1, -0.05) is 63.9 Å². The van der Waals surface area contributed by atoms with Gasteiger partial charge in [0.25, 0.3) is 0 Å². The first-order valence-electron chi connectivity index (χ1n) is 6.17. The molecule has 4 heteroatoms. The van der Waals surface area contributed by atoms with E-state index in [1.54, 1.807) is 11.3 Å². The average molecular weight is 365 g/mol. The molecule has 0 amide bonds. The molecule has 0 aliphatic rings. The van der Waals surface area contributed by atoms with Gasteiger partial charge in [-0.2, -0.15) is 0 Å². The predicted octanol–water partition coefficient (Wildman–Crippen LogP) is 5.82. The van der Waals surface area contributed by atoms with Gasteiger partial charge in [0.2, 0.25) is 0 Å². The molecular weight excluding hydrogens is 354 g/mol. The number of hydrogen-bond donors (Lipinski definition) is 0. The second-order valence-electron chi connectivity index (χ2n) is 4.37. The van der Waals surface area contributed by atoms with Gasteiger partial charge in [-0.05, 0) is 17.7 Å². The average Bonchev–Trinajstić information content (AvgIpc) is 2.90. The van der Waals surface area contributed by atoms with Crippen LogP contribution < -0.4 is 0 Å². The fourth-order valence-electron chi connectivity index (χ4n) is 1.99. The summed E-state index contributed by atoms with van der Waals surface area (Å²) in [4.78, 5) is 4.71. The predicted molar refractivity (Wildman–Crippen MR) is 89.5 cm³/mol. The van der Waals surface area contributed by atoms with Crippen molar-refractivity contribution in [1.82, 2.24) is 4.98 Å². The van der Waals surface area contributed by atoms with Crippen molar-refractivity contribution >= 4 is 38.9 Å². The molecule has 0 fully saturated rings. The van der Waals surface area contributed by atoms with E-state index in [4.69, 9.17) is 16.6 Å². The van der Waals surface area contributed by atoms with Crippen LogP contribution in [-0.4, -0.2) is 4.98 Å². The summed E-state index contributed by atoms with van der Waals surface area (Å²) in [6, 6.07) is 16.0. The van der Waals surface area contributed by atoms with E-state index in [9.17, 15) is 0 Å². The fourth-order valence-corrected chi connectivity index (χ4v) is 3.50. The summed E-state index contributed by atoms with van der Waals surface area (Å²) in [6.45, 7) is 0. The number of thiazole rings is 1. The van der Waals surface area contributed by atoms with Crippen LogP contribution in [0.1, 0.15) is 10.6 Å². The number of nitrogens with zero attached hydrogens (tertiary/aromatic N) is 1. The second-order valence-corrected chi connectivity index (χ2v) is 6.58. The Morgan fingerprint density at radius 3 is 2.60 bits per heavy atom. The summed E-state index contributed by atoms with van der Waals surface area (Å²) in [7, 11) is 0. The lowest BCUT2D eigenvalue weighted by molar-refractivity contribution is 1.14. The Morgan fingerprint density at radius 2 is 1.80 bits per heavy atom. The summed E-state index contributed by atoms with van der Waals surface area (Å²) in [5, 5.41) is 3.96. The molecule has 0 bridgehead atoms. The first-order valence-corrected chi connectivity index (χ1v) is 8.22. The Hall–Kier alpha value is -1.16. The molecule has 20 heavy (non-hydrogen) atoms. The lowest BCUT2D eigenvalue weighted by Gasteiger charge is -2.01. The molecule has 0 radical (unpaired) electrons. The van der Waals surface area contributed by atoms with Crippen LogP contribution in [0.4, 0.5) is 0 Å². The van der Waals surface area contributed by atoms with Gasteiger partial charge in [0.05, 0.1) is 10.7 Å². The lowest BCUT2D eigenvalue weighted by atomic mass is 10.1. The number of rotatable bonds is 3. The number of halogens is 2. The standard InChI is InChI=1S/C16H11BrClNS/c17-13-7-3-2-6-12(13)15-10-20-16(19-15)9-11-5-1-4-8-14(11)18/h1-8,10H,9H2. The molecule has 2 aromatic carbocycles. The van der Waals surface area contributed by atoms with E-state index in [2.05, 4.69) is 27.4 Å². The molecule has 0 unspecified atom stereocenters. The zero-order valence-corrected chi connectivity index (χ0v) is 13.7. The SMILES string of the molecule is Clc1ccccc1Cc1nc(-c2ccccc2Br)cs1. The van der Waals surface area contributed by atoms with Crippen molar-refractivity contribution in [3.63, 3.8) is 0 Å². The molecule has 0 spiro atoms. The van der Waals surface area contributed by atoms with Crippen molar-refractivity contribution in [3.8, 4) is 11.3 Å². The van der Waals surface area contributed by atoms with E-state index < -0.39 is 0 Å². The smallest absolute Gasteiger partial charge is 0.0977 e. The zero-order chi connectivity index (χ0) is 13.9. The van der Waals surface area contributed by atoms with E-state index in [0.29, 0.717) is 0 Å². The van der Waals surface area contributed by atoms with Crippen LogP contribution in [0.15, 0.2) is 58.4 Å². The molecule has 0 N–H and O–H groups in total. The first-order chi connectivity index (χ1) is 9.74. The molecule has 0 saturated carbocycles. The van der Waals surface area contributed by atoms with Gasteiger partial charge in [0.1, 0.15) is 0 Å². The minimum absolute atomic E-state index is 0.773. The van der Waals surface area contributed by atoms with Crippen LogP contribution in [0.2, 0.25) is 5.02 Å². The number of benzene rings is 2. The first kappa shape index (κ1) is 13.8. The highest BCUT2D eigenvalue weighted by atomic mass is 79.9. The maximum absolute atomic E-state index is 6.19. The molecule has 0 atom stereocenters. The van der Waals surface area contributed by atoms with Gasteiger partial charge in [0, 0.05) is 26.9 Å². The molecule has 1 heterocycles. The van der Waals surface area contributed by atoms with Gasteiger partial charge in [-0.3, -0.25) is 0 Å². The largest absolute Gasteiger partial charge is 0.241 e. The van der Waals surface area contributed by atoms with Crippen molar-refractivity contribution in [1.29, 1.82) is 0 Å². The summed E-state index contributed by atoms with van der Waals surface area (Å²) < 4.78 is 1.06. The van der Waals surface area contributed by atoms with E-state index >= 15 is 0 Å². The van der Waals surface area contributed by atoms with Gasteiger partial charge < -0.3 is 0 Å².